The molecule has 2 aromatic heterocycles. The SMILES string of the molecule is O=C(c1cc(-c2ccccc2)c(=O)n2ccc3ccc(Cl)cc3c12)N1CCCC1CO. The van der Waals surface area contributed by atoms with Crippen molar-refractivity contribution < 1.29 is 9.90 Å². The van der Waals surface area contributed by atoms with Crippen LogP contribution in [0, 0.1) is 0 Å². The standard InChI is InChI=1S/C25H21ClN2O3/c26-18-9-8-17-10-12-28-23(20(17)13-18)22(25(31)27-11-4-7-19(27)15-29)14-21(24(28)30)16-5-2-1-3-6-16/h1-3,5-6,8-10,12-14,19,29H,4,7,11,15H2. The molecule has 1 amide bonds. The number of pyridine rings is 2. The summed E-state index contributed by atoms with van der Waals surface area (Å²) in [7, 11) is 0. The average Bonchev–Trinajstić information content (AvgIpc) is 3.28. The minimum absolute atomic E-state index is 0.0748. The molecule has 0 saturated carbocycles. The maximum Gasteiger partial charge on any atom is 0.263 e. The fourth-order valence-electron chi connectivity index (χ4n) is 4.52. The number of hydrogen-bond acceptors (Lipinski definition) is 3. The Kier molecular flexibility index (Phi) is 5.00. The van der Waals surface area contributed by atoms with Gasteiger partial charge in [-0.2, -0.15) is 0 Å². The predicted octanol–water partition coefficient (Wildman–Crippen LogP) is 4.37. The van der Waals surface area contributed by atoms with Crippen LogP contribution in [0.25, 0.3) is 27.4 Å². The molecule has 156 valence electrons. The first kappa shape index (κ1) is 19.8. The Labute approximate surface area is 184 Å². The number of amides is 1. The lowest BCUT2D eigenvalue weighted by Gasteiger charge is -2.24. The fourth-order valence-corrected chi connectivity index (χ4v) is 4.69. The molecule has 3 heterocycles. The van der Waals surface area contributed by atoms with Crippen molar-refractivity contribution in [1.29, 1.82) is 0 Å². The second kappa shape index (κ2) is 7.84. The third kappa shape index (κ3) is 3.30. The van der Waals surface area contributed by atoms with Gasteiger partial charge in [0.25, 0.3) is 11.5 Å². The molecule has 6 heteroatoms. The van der Waals surface area contributed by atoms with Crippen molar-refractivity contribution >= 4 is 33.8 Å². The lowest BCUT2D eigenvalue weighted by atomic mass is 10.0. The van der Waals surface area contributed by atoms with E-state index in [-0.39, 0.29) is 24.1 Å². The molecule has 1 unspecified atom stereocenters. The van der Waals surface area contributed by atoms with Gasteiger partial charge in [0, 0.05) is 28.7 Å². The molecule has 1 saturated heterocycles. The largest absolute Gasteiger partial charge is 0.394 e. The monoisotopic (exact) mass is 432 g/mol. The van der Waals surface area contributed by atoms with Crippen LogP contribution >= 0.6 is 11.6 Å². The summed E-state index contributed by atoms with van der Waals surface area (Å²) in [6, 6.07) is 18.2. The molecule has 1 atom stereocenters. The number of fused-ring (bicyclic) bond motifs is 3. The first-order chi connectivity index (χ1) is 15.1. The van der Waals surface area contributed by atoms with Gasteiger partial charge in [-0.05, 0) is 48.1 Å². The Balaban J connectivity index is 1.86. The summed E-state index contributed by atoms with van der Waals surface area (Å²) in [6.07, 6.45) is 3.33. The fraction of sp³-hybridized carbons (Fsp3) is 0.200. The molecule has 0 bridgehead atoms. The van der Waals surface area contributed by atoms with Crippen LogP contribution in [0.3, 0.4) is 0 Å². The number of benzene rings is 2. The molecular weight excluding hydrogens is 412 g/mol. The van der Waals surface area contributed by atoms with Crippen molar-refractivity contribution in [2.75, 3.05) is 13.2 Å². The molecule has 4 aromatic rings. The summed E-state index contributed by atoms with van der Waals surface area (Å²) in [5, 5.41) is 11.9. The van der Waals surface area contributed by atoms with Gasteiger partial charge in [0.2, 0.25) is 0 Å². The minimum Gasteiger partial charge on any atom is -0.394 e. The molecule has 2 aromatic carbocycles. The summed E-state index contributed by atoms with van der Waals surface area (Å²) < 4.78 is 1.54. The van der Waals surface area contributed by atoms with Crippen molar-refractivity contribution in [3.8, 4) is 11.1 Å². The van der Waals surface area contributed by atoms with Crippen molar-refractivity contribution in [1.82, 2.24) is 9.30 Å². The van der Waals surface area contributed by atoms with Crippen molar-refractivity contribution in [3.63, 3.8) is 0 Å². The van der Waals surface area contributed by atoms with Gasteiger partial charge in [-0.1, -0.05) is 48.0 Å². The third-order valence-electron chi connectivity index (χ3n) is 6.07. The van der Waals surface area contributed by atoms with Gasteiger partial charge < -0.3 is 10.0 Å². The zero-order valence-electron chi connectivity index (χ0n) is 16.8. The van der Waals surface area contributed by atoms with Crippen LogP contribution in [0.1, 0.15) is 23.2 Å². The highest BCUT2D eigenvalue weighted by Gasteiger charge is 2.31. The van der Waals surface area contributed by atoms with E-state index in [1.807, 2.05) is 42.5 Å². The van der Waals surface area contributed by atoms with Crippen LogP contribution in [0.15, 0.2) is 71.7 Å². The van der Waals surface area contributed by atoms with Crippen LogP contribution in [0.4, 0.5) is 0 Å². The highest BCUT2D eigenvalue weighted by Crippen LogP contribution is 2.30. The number of hydrogen-bond donors (Lipinski definition) is 1. The lowest BCUT2D eigenvalue weighted by Crippen LogP contribution is -2.38. The molecule has 1 N–H and O–H groups in total. The van der Waals surface area contributed by atoms with Gasteiger partial charge in [0.05, 0.1) is 23.7 Å². The number of carbonyl (C=O) groups excluding carboxylic acids is 1. The number of carbonyl (C=O) groups is 1. The predicted molar refractivity (Wildman–Crippen MR) is 123 cm³/mol. The van der Waals surface area contributed by atoms with Gasteiger partial charge in [0.1, 0.15) is 0 Å². The summed E-state index contributed by atoms with van der Waals surface area (Å²) in [6.45, 7) is 0.510. The number of rotatable bonds is 3. The summed E-state index contributed by atoms with van der Waals surface area (Å²) in [5.41, 5.74) is 1.99. The highest BCUT2D eigenvalue weighted by molar-refractivity contribution is 6.31. The molecule has 5 nitrogen and oxygen atoms in total. The molecule has 0 radical (unpaired) electrons. The van der Waals surface area contributed by atoms with E-state index in [4.69, 9.17) is 11.6 Å². The number of aliphatic hydroxyl groups is 1. The first-order valence-electron chi connectivity index (χ1n) is 10.3. The second-order valence-electron chi connectivity index (χ2n) is 7.89. The third-order valence-corrected chi connectivity index (χ3v) is 6.31. The van der Waals surface area contributed by atoms with E-state index in [2.05, 4.69) is 0 Å². The quantitative estimate of drug-likeness (QED) is 0.489. The van der Waals surface area contributed by atoms with Crippen LogP contribution in [-0.2, 0) is 0 Å². The number of nitrogens with zero attached hydrogens (tertiary/aromatic N) is 2. The van der Waals surface area contributed by atoms with Crippen molar-refractivity contribution in [2.24, 2.45) is 0 Å². The normalized spacial score (nSPS) is 16.3. The Morgan fingerprint density at radius 3 is 2.68 bits per heavy atom. The van der Waals surface area contributed by atoms with Gasteiger partial charge in [-0.25, -0.2) is 0 Å². The van der Waals surface area contributed by atoms with Gasteiger partial charge in [-0.3, -0.25) is 14.0 Å². The Morgan fingerprint density at radius 2 is 1.90 bits per heavy atom. The van der Waals surface area contributed by atoms with E-state index in [1.165, 1.54) is 4.40 Å². The second-order valence-corrected chi connectivity index (χ2v) is 8.32. The van der Waals surface area contributed by atoms with Crippen molar-refractivity contribution in [2.45, 2.75) is 18.9 Å². The molecule has 31 heavy (non-hydrogen) atoms. The number of aromatic nitrogens is 1. The molecular formula is C25H21ClN2O3. The van der Waals surface area contributed by atoms with Crippen LogP contribution < -0.4 is 5.56 Å². The summed E-state index contributed by atoms with van der Waals surface area (Å²) in [5.74, 6) is -0.182. The van der Waals surface area contributed by atoms with Gasteiger partial charge in [0.15, 0.2) is 0 Å². The molecule has 1 fully saturated rings. The van der Waals surface area contributed by atoms with Crippen LogP contribution in [0.5, 0.6) is 0 Å². The zero-order valence-corrected chi connectivity index (χ0v) is 17.5. The lowest BCUT2D eigenvalue weighted by molar-refractivity contribution is 0.0679. The van der Waals surface area contributed by atoms with E-state index < -0.39 is 0 Å². The molecule has 1 aliphatic heterocycles. The maximum absolute atomic E-state index is 13.7. The van der Waals surface area contributed by atoms with Crippen molar-refractivity contribution in [3.05, 3.63) is 87.8 Å². The summed E-state index contributed by atoms with van der Waals surface area (Å²) >= 11 is 6.27. The molecule has 5 rings (SSSR count). The molecule has 0 aliphatic carbocycles. The maximum atomic E-state index is 13.7. The minimum atomic E-state index is -0.210. The van der Waals surface area contributed by atoms with E-state index >= 15 is 0 Å². The summed E-state index contributed by atoms with van der Waals surface area (Å²) in [4.78, 5) is 28.9. The number of halogens is 1. The first-order valence-corrected chi connectivity index (χ1v) is 10.7. The van der Waals surface area contributed by atoms with Gasteiger partial charge in [-0.15, -0.1) is 0 Å². The zero-order chi connectivity index (χ0) is 21.5. The Hall–Kier alpha value is -3.15. The van der Waals surface area contributed by atoms with E-state index in [0.29, 0.717) is 28.2 Å². The van der Waals surface area contributed by atoms with E-state index in [1.54, 1.807) is 29.3 Å². The smallest absolute Gasteiger partial charge is 0.263 e. The number of aliphatic hydroxyl groups excluding tert-OH is 1. The van der Waals surface area contributed by atoms with E-state index in [9.17, 15) is 14.7 Å². The molecule has 1 aliphatic rings. The number of likely N-dealkylation sites (tertiary alicyclic amines) is 1. The average molecular weight is 433 g/mol. The Bertz CT molecular complexity index is 1360. The van der Waals surface area contributed by atoms with Gasteiger partial charge >= 0.3 is 0 Å². The Morgan fingerprint density at radius 1 is 1.10 bits per heavy atom. The highest BCUT2D eigenvalue weighted by atomic mass is 35.5. The molecule has 0 spiro atoms. The van der Waals surface area contributed by atoms with E-state index in [0.717, 1.165) is 29.2 Å². The van der Waals surface area contributed by atoms with Crippen LogP contribution in [-0.4, -0.2) is 39.5 Å². The van der Waals surface area contributed by atoms with Crippen LogP contribution in [0.2, 0.25) is 5.02 Å². The topological polar surface area (TPSA) is 62.0 Å².